The van der Waals surface area contributed by atoms with E-state index < -0.39 is 17.6 Å². The summed E-state index contributed by atoms with van der Waals surface area (Å²) in [4.78, 5) is 2.43. The molecular formula is C27H51NO6Si2. The van der Waals surface area contributed by atoms with Crippen LogP contribution >= 0.6 is 0 Å². The molecule has 0 aliphatic carbocycles. The molecule has 208 valence electrons. The van der Waals surface area contributed by atoms with Gasteiger partial charge in [-0.15, -0.1) is 0 Å². The van der Waals surface area contributed by atoms with E-state index in [0.29, 0.717) is 46.2 Å². The fraction of sp³-hybridized carbons (Fsp3) is 0.704. The van der Waals surface area contributed by atoms with Gasteiger partial charge in [0.2, 0.25) is 0 Å². The first-order chi connectivity index (χ1) is 17.5. The molecule has 2 atom stereocenters. The van der Waals surface area contributed by atoms with Crippen LogP contribution in [0.5, 0.6) is 0 Å². The van der Waals surface area contributed by atoms with Gasteiger partial charge in [0.15, 0.2) is 0 Å². The van der Waals surface area contributed by atoms with E-state index in [-0.39, 0.29) is 11.3 Å². The average molecular weight is 542 g/mol. The molecule has 0 aliphatic rings. The molecule has 1 rings (SSSR count). The van der Waals surface area contributed by atoms with E-state index in [4.69, 9.17) is 26.6 Å². The van der Waals surface area contributed by atoms with Gasteiger partial charge in [-0.05, 0) is 59.9 Å². The highest BCUT2D eigenvalue weighted by Gasteiger charge is 2.58. The van der Waals surface area contributed by atoms with Crippen molar-refractivity contribution in [2.75, 3.05) is 46.2 Å². The minimum absolute atomic E-state index is 0.0871. The molecule has 0 amide bonds. The molecule has 9 heteroatoms. The van der Waals surface area contributed by atoms with Crippen molar-refractivity contribution in [1.29, 1.82) is 0 Å². The topological polar surface area (TPSA) is 58.6 Å². The van der Waals surface area contributed by atoms with Crippen LogP contribution in [-0.4, -0.2) is 80.0 Å². The molecule has 0 radical (unpaired) electrons. The Hall–Kier alpha value is -0.886. The van der Waals surface area contributed by atoms with Crippen molar-refractivity contribution < 1.29 is 26.6 Å². The van der Waals surface area contributed by atoms with Crippen LogP contribution in [0.25, 0.3) is 6.08 Å². The Morgan fingerprint density at radius 2 is 0.972 bits per heavy atom. The van der Waals surface area contributed by atoms with Gasteiger partial charge in [0.05, 0.1) is 11.3 Å². The number of benzene rings is 1. The second kappa shape index (κ2) is 18.4. The molecule has 0 fully saturated rings. The first-order valence-corrected chi connectivity index (χ1v) is 17.4. The molecule has 0 aromatic heterocycles. The summed E-state index contributed by atoms with van der Waals surface area (Å²) in [5.74, 6) is 0. The molecular weight excluding hydrogens is 490 g/mol. The molecule has 0 unspecified atom stereocenters. The average Bonchev–Trinajstić information content (AvgIpc) is 2.86. The van der Waals surface area contributed by atoms with Gasteiger partial charge in [-0.1, -0.05) is 56.3 Å². The molecule has 1 aromatic rings. The van der Waals surface area contributed by atoms with Crippen molar-refractivity contribution in [3.63, 3.8) is 0 Å². The Kier molecular flexibility index (Phi) is 16.9. The smallest absolute Gasteiger partial charge is 0.373 e. The SMILES string of the molecule is CCO[Si](OCC)(OCC)[C@H](CC)N(C/C=C\c1ccccc1)[C@@H](CC)[Si](OCC)(OCC)OCC. The Morgan fingerprint density at radius 3 is 1.28 bits per heavy atom. The predicted octanol–water partition coefficient (Wildman–Crippen LogP) is 5.73. The maximum absolute atomic E-state index is 6.42. The van der Waals surface area contributed by atoms with E-state index in [1.807, 2.05) is 47.6 Å². The lowest BCUT2D eigenvalue weighted by Gasteiger charge is -2.47. The Bertz CT molecular complexity index is 641. The summed E-state index contributed by atoms with van der Waals surface area (Å²) in [7, 11) is -6.19. The van der Waals surface area contributed by atoms with Crippen molar-refractivity contribution in [3.05, 3.63) is 42.0 Å². The highest BCUT2D eigenvalue weighted by molar-refractivity contribution is 6.64. The van der Waals surface area contributed by atoms with Crippen LogP contribution in [0.1, 0.15) is 73.8 Å². The molecule has 7 nitrogen and oxygen atoms in total. The van der Waals surface area contributed by atoms with Gasteiger partial charge in [0, 0.05) is 46.2 Å². The third-order valence-electron chi connectivity index (χ3n) is 5.89. The third-order valence-corrected chi connectivity index (χ3v) is 13.1. The summed E-state index contributed by atoms with van der Waals surface area (Å²) >= 11 is 0. The molecule has 0 spiro atoms. The first-order valence-electron chi connectivity index (χ1n) is 13.8. The van der Waals surface area contributed by atoms with Crippen molar-refractivity contribution in [2.24, 2.45) is 0 Å². The quantitative estimate of drug-likeness (QED) is 0.184. The van der Waals surface area contributed by atoms with E-state index in [1.165, 1.54) is 0 Å². The van der Waals surface area contributed by atoms with Crippen LogP contribution in [0, 0.1) is 0 Å². The lowest BCUT2D eigenvalue weighted by molar-refractivity contribution is 0.00563. The molecule has 36 heavy (non-hydrogen) atoms. The molecule has 0 saturated heterocycles. The second-order valence-electron chi connectivity index (χ2n) is 8.16. The maximum atomic E-state index is 6.42. The maximum Gasteiger partial charge on any atom is 0.519 e. The zero-order valence-corrected chi connectivity index (χ0v) is 26.0. The Labute approximate surface area is 222 Å². The van der Waals surface area contributed by atoms with Crippen LogP contribution in [0.4, 0.5) is 0 Å². The molecule has 0 bridgehead atoms. The summed E-state index contributed by atoms with van der Waals surface area (Å²) in [5, 5.41) is 0. The number of hydrogen-bond acceptors (Lipinski definition) is 7. The van der Waals surface area contributed by atoms with Gasteiger partial charge in [0.1, 0.15) is 0 Å². The fourth-order valence-electron chi connectivity index (χ4n) is 4.76. The Balaban J connectivity index is 3.67. The Morgan fingerprint density at radius 1 is 0.611 bits per heavy atom. The lowest BCUT2D eigenvalue weighted by atomic mass is 10.2. The normalized spacial score (nSPS) is 14.6. The number of nitrogens with zero attached hydrogens (tertiary/aromatic N) is 1. The molecule has 1 aromatic carbocycles. The van der Waals surface area contributed by atoms with Crippen LogP contribution < -0.4 is 0 Å². The monoisotopic (exact) mass is 541 g/mol. The van der Waals surface area contributed by atoms with Crippen LogP contribution in [-0.2, 0) is 26.6 Å². The lowest BCUT2D eigenvalue weighted by Crippen LogP contribution is -2.70. The third kappa shape index (κ3) is 9.14. The van der Waals surface area contributed by atoms with Crippen molar-refractivity contribution in [2.45, 2.75) is 79.6 Å². The van der Waals surface area contributed by atoms with E-state index in [2.05, 4.69) is 55.2 Å². The number of rotatable bonds is 21. The van der Waals surface area contributed by atoms with E-state index in [9.17, 15) is 0 Å². The molecule has 0 saturated carbocycles. The van der Waals surface area contributed by atoms with Gasteiger partial charge in [-0.2, -0.15) is 0 Å². The summed E-state index contributed by atoms with van der Waals surface area (Å²) in [6.45, 7) is 20.2. The molecule has 0 heterocycles. The van der Waals surface area contributed by atoms with Gasteiger partial charge < -0.3 is 26.6 Å². The first kappa shape index (κ1) is 33.1. The van der Waals surface area contributed by atoms with Crippen LogP contribution in [0.2, 0.25) is 0 Å². The molecule has 0 N–H and O–H groups in total. The highest BCUT2D eigenvalue weighted by Crippen LogP contribution is 2.31. The van der Waals surface area contributed by atoms with E-state index >= 15 is 0 Å². The van der Waals surface area contributed by atoms with E-state index in [0.717, 1.165) is 18.4 Å². The standard InChI is InChI=1S/C27H51NO6Si2/c1-9-26(35(29-11-3,30-12-4)31-13-5)28(24-20-23-25-21-18-17-19-22-25)27(10-2)36(32-14-6,33-15-7)34-16-8/h17-23,26-27H,9-16,24H2,1-8H3/b23-20-/t26-,27-/m1/s1. The zero-order chi connectivity index (χ0) is 26.9. The summed E-state index contributed by atoms with van der Waals surface area (Å²) < 4.78 is 38.5. The fourth-order valence-corrected chi connectivity index (χ4v) is 11.4. The van der Waals surface area contributed by atoms with Crippen molar-refractivity contribution >= 4 is 23.7 Å². The second-order valence-corrected chi connectivity index (χ2v) is 13.6. The largest absolute Gasteiger partial charge is 0.519 e. The van der Waals surface area contributed by atoms with Gasteiger partial charge >= 0.3 is 17.6 Å². The predicted molar refractivity (Wildman–Crippen MR) is 152 cm³/mol. The van der Waals surface area contributed by atoms with Crippen LogP contribution in [0.3, 0.4) is 0 Å². The van der Waals surface area contributed by atoms with Crippen molar-refractivity contribution in [3.8, 4) is 0 Å². The molecule has 0 aliphatic heterocycles. The minimum Gasteiger partial charge on any atom is -0.373 e. The van der Waals surface area contributed by atoms with Gasteiger partial charge in [-0.25, -0.2) is 0 Å². The number of hydrogen-bond donors (Lipinski definition) is 0. The highest BCUT2D eigenvalue weighted by atomic mass is 28.4. The zero-order valence-electron chi connectivity index (χ0n) is 24.0. The van der Waals surface area contributed by atoms with Gasteiger partial charge in [-0.3, -0.25) is 4.90 Å². The van der Waals surface area contributed by atoms with Crippen molar-refractivity contribution in [1.82, 2.24) is 4.90 Å². The minimum atomic E-state index is -3.10. The summed E-state index contributed by atoms with van der Waals surface area (Å²) in [5.41, 5.74) is 0.983. The summed E-state index contributed by atoms with van der Waals surface area (Å²) in [6, 6.07) is 10.3. The van der Waals surface area contributed by atoms with Crippen LogP contribution in [0.15, 0.2) is 36.4 Å². The van der Waals surface area contributed by atoms with E-state index in [1.54, 1.807) is 0 Å². The summed E-state index contributed by atoms with van der Waals surface area (Å²) in [6.07, 6.45) is 5.96. The van der Waals surface area contributed by atoms with Gasteiger partial charge in [0.25, 0.3) is 0 Å².